The van der Waals surface area contributed by atoms with Crippen LogP contribution >= 0.6 is 0 Å². The minimum Gasteiger partial charge on any atom is -0.246 e. The SMILES string of the molecule is c1ccc2cc(-c3nc(-c4ccc(-c5nc6c(-c7cccc8ccccc78)cccc6c6c5ccc5ccccc56)cc4)nc(-c4ccc5ccccc5c4)n3)ccc2c1. The Labute approximate surface area is 346 Å². The zero-order valence-corrected chi connectivity index (χ0v) is 32.4. The highest BCUT2D eigenvalue weighted by Crippen LogP contribution is 2.41. The van der Waals surface area contributed by atoms with Crippen LogP contribution in [-0.2, 0) is 0 Å². The third-order valence-electron chi connectivity index (χ3n) is 11.9. The Morgan fingerprint density at radius 1 is 0.250 bits per heavy atom. The summed E-state index contributed by atoms with van der Waals surface area (Å²) >= 11 is 0. The molecule has 2 aromatic heterocycles. The van der Waals surface area contributed by atoms with E-state index in [1.54, 1.807) is 0 Å². The third kappa shape index (κ3) is 5.69. The molecule has 0 atom stereocenters. The van der Waals surface area contributed by atoms with Gasteiger partial charge in [-0.2, -0.15) is 0 Å². The second-order valence-corrected chi connectivity index (χ2v) is 15.4. The van der Waals surface area contributed by atoms with Crippen LogP contribution in [0.25, 0.3) is 121 Å². The first-order valence-electron chi connectivity index (χ1n) is 20.3. The Kier molecular flexibility index (Phi) is 7.82. The fourth-order valence-electron chi connectivity index (χ4n) is 8.89. The lowest BCUT2D eigenvalue weighted by Gasteiger charge is -2.16. The summed E-state index contributed by atoms with van der Waals surface area (Å²) in [6, 6.07) is 72.9. The van der Waals surface area contributed by atoms with Crippen LogP contribution in [0, 0.1) is 0 Å². The highest BCUT2D eigenvalue weighted by molar-refractivity contribution is 6.24. The van der Waals surface area contributed by atoms with Gasteiger partial charge in [0.25, 0.3) is 0 Å². The molecule has 0 aliphatic rings. The van der Waals surface area contributed by atoms with Gasteiger partial charge in [-0.15, -0.1) is 0 Å². The standard InChI is InChI=1S/C56H34N4/c1-3-15-41-33-43(29-23-35(41)11-1)55-58-54(59-56(60-55)44-30-24-36-12-2-4-16-42(36)34-44)40-27-25-39(26-28-40)52-50-32-31-38-14-6-8-19-46(38)51(50)49-22-10-21-48(53(49)57-52)47-20-9-17-37-13-5-7-18-45(37)47/h1-34H. The average molecular weight is 763 g/mol. The molecule has 2 heterocycles. The number of pyridine rings is 1. The number of hydrogen-bond donors (Lipinski definition) is 0. The Morgan fingerprint density at radius 3 is 1.37 bits per heavy atom. The fourth-order valence-corrected chi connectivity index (χ4v) is 8.89. The van der Waals surface area contributed by atoms with E-state index >= 15 is 0 Å². The van der Waals surface area contributed by atoms with Gasteiger partial charge in [0.05, 0.1) is 11.2 Å². The van der Waals surface area contributed by atoms with E-state index in [1.165, 1.54) is 43.3 Å². The molecule has 4 heteroatoms. The molecule has 0 spiro atoms. The summed E-state index contributed by atoms with van der Waals surface area (Å²) in [5, 5.41) is 12.9. The molecule has 12 aromatic rings. The predicted molar refractivity (Wildman–Crippen MR) is 250 cm³/mol. The number of para-hydroxylation sites is 1. The fraction of sp³-hybridized carbons (Fsp3) is 0. The maximum absolute atomic E-state index is 5.58. The van der Waals surface area contributed by atoms with Gasteiger partial charge in [-0.1, -0.05) is 194 Å². The topological polar surface area (TPSA) is 51.6 Å². The van der Waals surface area contributed by atoms with Crippen molar-refractivity contribution in [3.05, 3.63) is 206 Å². The molecule has 0 saturated heterocycles. The zero-order chi connectivity index (χ0) is 39.6. The molecule has 4 nitrogen and oxygen atoms in total. The first-order valence-corrected chi connectivity index (χ1v) is 20.3. The number of nitrogens with zero attached hydrogens (tertiary/aromatic N) is 4. The maximum Gasteiger partial charge on any atom is 0.164 e. The molecule has 0 saturated carbocycles. The lowest BCUT2D eigenvalue weighted by Crippen LogP contribution is -2.00. The van der Waals surface area contributed by atoms with Crippen molar-refractivity contribution >= 4 is 64.8 Å². The summed E-state index contributed by atoms with van der Waals surface area (Å²) < 4.78 is 0. The van der Waals surface area contributed by atoms with Crippen molar-refractivity contribution in [1.29, 1.82) is 0 Å². The Bertz CT molecular complexity index is 3560. The van der Waals surface area contributed by atoms with Gasteiger partial charge in [-0.25, -0.2) is 19.9 Å². The molecule has 0 fully saturated rings. The van der Waals surface area contributed by atoms with Crippen molar-refractivity contribution in [1.82, 2.24) is 19.9 Å². The van der Waals surface area contributed by atoms with E-state index in [4.69, 9.17) is 19.9 Å². The molecular formula is C56H34N4. The number of fused-ring (bicyclic) bond motifs is 8. The number of benzene rings is 10. The molecule has 278 valence electrons. The summed E-state index contributed by atoms with van der Waals surface area (Å²) in [5.41, 5.74) is 8.01. The first-order chi connectivity index (χ1) is 29.7. The van der Waals surface area contributed by atoms with Gasteiger partial charge < -0.3 is 0 Å². The molecular weight excluding hydrogens is 729 g/mol. The zero-order valence-electron chi connectivity index (χ0n) is 32.4. The summed E-state index contributed by atoms with van der Waals surface area (Å²) in [4.78, 5) is 20.9. The Morgan fingerprint density at radius 2 is 0.700 bits per heavy atom. The average Bonchev–Trinajstić information content (AvgIpc) is 3.32. The molecule has 0 bridgehead atoms. The second kappa shape index (κ2) is 13.8. The van der Waals surface area contributed by atoms with E-state index in [0.29, 0.717) is 17.5 Å². The highest BCUT2D eigenvalue weighted by atomic mass is 15.0. The van der Waals surface area contributed by atoms with E-state index < -0.39 is 0 Å². The smallest absolute Gasteiger partial charge is 0.164 e. The molecule has 0 N–H and O–H groups in total. The number of aromatic nitrogens is 4. The minimum atomic E-state index is 0.614. The van der Waals surface area contributed by atoms with E-state index in [2.05, 4.69) is 206 Å². The molecule has 0 amide bonds. The van der Waals surface area contributed by atoms with Gasteiger partial charge in [0.2, 0.25) is 0 Å². The maximum atomic E-state index is 5.58. The largest absolute Gasteiger partial charge is 0.246 e. The lowest BCUT2D eigenvalue weighted by molar-refractivity contribution is 1.08. The quantitative estimate of drug-likeness (QED) is 0.164. The first kappa shape index (κ1) is 34.0. The van der Waals surface area contributed by atoms with Gasteiger partial charge in [0, 0.05) is 44.0 Å². The molecule has 0 aliphatic carbocycles. The number of rotatable bonds is 5. The van der Waals surface area contributed by atoms with Crippen molar-refractivity contribution in [2.75, 3.05) is 0 Å². The van der Waals surface area contributed by atoms with E-state index in [9.17, 15) is 0 Å². The van der Waals surface area contributed by atoms with Crippen LogP contribution < -0.4 is 0 Å². The van der Waals surface area contributed by atoms with Crippen LogP contribution in [-0.4, -0.2) is 19.9 Å². The van der Waals surface area contributed by atoms with Gasteiger partial charge in [0.15, 0.2) is 17.5 Å². The Hall–Kier alpha value is -8.08. The molecule has 12 rings (SSSR count). The van der Waals surface area contributed by atoms with Crippen LogP contribution in [0.2, 0.25) is 0 Å². The molecule has 0 aliphatic heterocycles. The summed E-state index contributed by atoms with van der Waals surface area (Å²) in [7, 11) is 0. The van der Waals surface area contributed by atoms with E-state index in [0.717, 1.165) is 60.6 Å². The van der Waals surface area contributed by atoms with Gasteiger partial charge in [0.1, 0.15) is 0 Å². The van der Waals surface area contributed by atoms with Crippen molar-refractivity contribution in [3.63, 3.8) is 0 Å². The molecule has 0 unspecified atom stereocenters. The van der Waals surface area contributed by atoms with Crippen LogP contribution in [0.1, 0.15) is 0 Å². The van der Waals surface area contributed by atoms with Crippen LogP contribution in [0.5, 0.6) is 0 Å². The lowest BCUT2D eigenvalue weighted by atomic mass is 9.91. The summed E-state index contributed by atoms with van der Waals surface area (Å²) in [6.07, 6.45) is 0. The molecule has 0 radical (unpaired) electrons. The third-order valence-corrected chi connectivity index (χ3v) is 11.9. The Balaban J connectivity index is 1.04. The van der Waals surface area contributed by atoms with Gasteiger partial charge >= 0.3 is 0 Å². The van der Waals surface area contributed by atoms with Crippen LogP contribution in [0.3, 0.4) is 0 Å². The monoisotopic (exact) mass is 762 g/mol. The predicted octanol–water partition coefficient (Wildman–Crippen LogP) is 14.5. The van der Waals surface area contributed by atoms with Crippen molar-refractivity contribution in [3.8, 4) is 56.5 Å². The minimum absolute atomic E-state index is 0.614. The normalized spacial score (nSPS) is 11.7. The van der Waals surface area contributed by atoms with Crippen LogP contribution in [0.15, 0.2) is 206 Å². The van der Waals surface area contributed by atoms with E-state index in [1.807, 2.05) is 0 Å². The highest BCUT2D eigenvalue weighted by Gasteiger charge is 2.18. The molecule has 60 heavy (non-hydrogen) atoms. The summed E-state index contributed by atoms with van der Waals surface area (Å²) in [6.45, 7) is 0. The van der Waals surface area contributed by atoms with Crippen LogP contribution in [0.4, 0.5) is 0 Å². The second-order valence-electron chi connectivity index (χ2n) is 15.4. The van der Waals surface area contributed by atoms with E-state index in [-0.39, 0.29) is 0 Å². The number of hydrogen-bond acceptors (Lipinski definition) is 4. The molecule has 10 aromatic carbocycles. The van der Waals surface area contributed by atoms with Crippen molar-refractivity contribution in [2.45, 2.75) is 0 Å². The summed E-state index contributed by atoms with van der Waals surface area (Å²) in [5.74, 6) is 1.88. The van der Waals surface area contributed by atoms with Gasteiger partial charge in [-0.05, 0) is 60.8 Å². The van der Waals surface area contributed by atoms with Crippen molar-refractivity contribution < 1.29 is 0 Å². The van der Waals surface area contributed by atoms with Crippen molar-refractivity contribution in [2.24, 2.45) is 0 Å². The van der Waals surface area contributed by atoms with Gasteiger partial charge in [-0.3, -0.25) is 0 Å².